The van der Waals surface area contributed by atoms with E-state index in [0.717, 1.165) is 13.0 Å². The highest BCUT2D eigenvalue weighted by atomic mass is 35.6. The van der Waals surface area contributed by atoms with Gasteiger partial charge in [0.1, 0.15) is 6.04 Å². The lowest BCUT2D eigenvalue weighted by atomic mass is 9.90. The zero-order valence-corrected chi connectivity index (χ0v) is 13.1. The van der Waals surface area contributed by atoms with Gasteiger partial charge in [-0.1, -0.05) is 47.0 Å². The van der Waals surface area contributed by atoms with Crippen LogP contribution in [0.25, 0.3) is 0 Å². The number of nitrogens with zero attached hydrogens (tertiary/aromatic N) is 1. The highest BCUT2D eigenvalue weighted by Gasteiger charge is 2.47. The summed E-state index contributed by atoms with van der Waals surface area (Å²) in [4.78, 5) is 12.4. The Balaban J connectivity index is 2.10. The second-order valence-corrected chi connectivity index (χ2v) is 7.60. The van der Waals surface area contributed by atoms with Gasteiger partial charge in [0.05, 0.1) is 0 Å². The molecule has 2 aliphatic rings. The van der Waals surface area contributed by atoms with Crippen LogP contribution in [0.5, 0.6) is 0 Å². The molecule has 1 N–H and O–H groups in total. The number of esters is 1. The van der Waals surface area contributed by atoms with Gasteiger partial charge in [-0.25, -0.2) is 5.01 Å². The van der Waals surface area contributed by atoms with Crippen LogP contribution in [0, 0.1) is 5.92 Å². The quantitative estimate of drug-likeness (QED) is 0.480. The number of hydrogen-bond acceptors (Lipinski definition) is 4. The fourth-order valence-corrected chi connectivity index (χ4v) is 2.38. The maximum atomic E-state index is 12.4. The first-order valence-corrected chi connectivity index (χ1v) is 7.32. The molecule has 19 heavy (non-hydrogen) atoms. The molecule has 0 amide bonds. The van der Waals surface area contributed by atoms with E-state index in [1.165, 1.54) is 0 Å². The Kier molecular flexibility index (Phi) is 4.38. The number of carbonyl (C=O) groups is 1. The molecular weight excluding hydrogens is 311 g/mol. The van der Waals surface area contributed by atoms with Crippen LogP contribution >= 0.6 is 34.8 Å². The Labute approximate surface area is 128 Å². The summed E-state index contributed by atoms with van der Waals surface area (Å²) < 4.78 is 3.77. The van der Waals surface area contributed by atoms with Crippen molar-refractivity contribution in [2.24, 2.45) is 5.92 Å². The van der Waals surface area contributed by atoms with Gasteiger partial charge in [-0.2, -0.15) is 0 Å². The van der Waals surface area contributed by atoms with Gasteiger partial charge in [-0.15, -0.1) is 0 Å². The van der Waals surface area contributed by atoms with Crippen LogP contribution in [-0.4, -0.2) is 39.5 Å². The van der Waals surface area contributed by atoms with E-state index in [9.17, 15) is 4.79 Å². The van der Waals surface area contributed by atoms with Crippen molar-refractivity contribution < 1.29 is 9.53 Å². The van der Waals surface area contributed by atoms with Crippen LogP contribution < -0.4 is 5.43 Å². The first-order valence-electron chi connectivity index (χ1n) is 6.19. The number of ether oxygens (including phenoxy) is 1. The van der Waals surface area contributed by atoms with Gasteiger partial charge in [-0.05, 0) is 20.3 Å². The highest BCUT2D eigenvalue weighted by molar-refractivity contribution is 6.68. The van der Waals surface area contributed by atoms with E-state index >= 15 is 0 Å². The zero-order chi connectivity index (χ0) is 14.3. The van der Waals surface area contributed by atoms with Crippen molar-refractivity contribution in [1.82, 2.24) is 10.4 Å². The third kappa shape index (κ3) is 3.19. The van der Waals surface area contributed by atoms with E-state index in [1.807, 2.05) is 11.1 Å². The molecule has 3 unspecified atom stereocenters. The molecule has 0 aromatic heterocycles. The average Bonchev–Trinajstić information content (AvgIpc) is 2.25. The van der Waals surface area contributed by atoms with Crippen molar-refractivity contribution in [1.29, 1.82) is 0 Å². The molecular formula is C12H17Cl3N2O2. The number of carbonyl (C=O) groups excluding carboxylic acids is 1. The molecule has 3 atom stereocenters. The molecule has 0 aromatic rings. The molecule has 2 heterocycles. The topological polar surface area (TPSA) is 41.6 Å². The molecule has 0 saturated carbocycles. The minimum Gasteiger partial charge on any atom is -0.454 e. The van der Waals surface area contributed by atoms with Crippen LogP contribution in [0.4, 0.5) is 0 Å². The zero-order valence-electron chi connectivity index (χ0n) is 10.8. The van der Waals surface area contributed by atoms with Crippen molar-refractivity contribution in [3.8, 4) is 0 Å². The standard InChI is InChI=1S/C12H17Cl3N2O2/c1-11(2,12(13,14)15)19-10(18)9-8-4-3-7-17(9)16-6-5-8/h3-4,8-9,16H,5-7H2,1-2H3. The summed E-state index contributed by atoms with van der Waals surface area (Å²) in [5.41, 5.74) is 2.01. The monoisotopic (exact) mass is 326 g/mol. The fraction of sp³-hybridized carbons (Fsp3) is 0.750. The Morgan fingerprint density at radius 2 is 2.11 bits per heavy atom. The highest BCUT2D eigenvalue weighted by Crippen LogP contribution is 2.41. The number of alkyl halides is 3. The van der Waals surface area contributed by atoms with E-state index in [1.54, 1.807) is 13.8 Å². The number of nitrogens with one attached hydrogen (secondary N) is 1. The van der Waals surface area contributed by atoms with Gasteiger partial charge < -0.3 is 4.74 Å². The fourth-order valence-electron chi connectivity index (χ4n) is 2.26. The lowest BCUT2D eigenvalue weighted by Crippen LogP contribution is -2.60. The smallest absolute Gasteiger partial charge is 0.326 e. The second-order valence-electron chi connectivity index (χ2n) is 5.32. The van der Waals surface area contributed by atoms with Crippen molar-refractivity contribution in [2.45, 2.75) is 35.7 Å². The number of hydrogen-bond donors (Lipinski definition) is 1. The second kappa shape index (κ2) is 5.41. The van der Waals surface area contributed by atoms with E-state index < -0.39 is 9.39 Å². The molecule has 2 bridgehead atoms. The van der Waals surface area contributed by atoms with Gasteiger partial charge >= 0.3 is 5.97 Å². The van der Waals surface area contributed by atoms with Crippen LogP contribution in [0.1, 0.15) is 20.3 Å². The lowest BCUT2D eigenvalue weighted by Gasteiger charge is -2.43. The maximum absolute atomic E-state index is 12.4. The predicted molar refractivity (Wildman–Crippen MR) is 76.2 cm³/mol. The van der Waals surface area contributed by atoms with Gasteiger partial charge in [-0.3, -0.25) is 10.2 Å². The van der Waals surface area contributed by atoms with Crippen molar-refractivity contribution >= 4 is 40.8 Å². The van der Waals surface area contributed by atoms with E-state index in [4.69, 9.17) is 39.5 Å². The summed E-state index contributed by atoms with van der Waals surface area (Å²) in [6, 6.07) is -0.356. The largest absolute Gasteiger partial charge is 0.454 e. The van der Waals surface area contributed by atoms with E-state index in [2.05, 4.69) is 11.5 Å². The number of fused-ring (bicyclic) bond motifs is 2. The minimum atomic E-state index is -1.66. The van der Waals surface area contributed by atoms with Crippen molar-refractivity contribution in [2.75, 3.05) is 13.1 Å². The summed E-state index contributed by atoms with van der Waals surface area (Å²) in [6.45, 7) is 4.71. The molecule has 2 rings (SSSR count). The summed E-state index contributed by atoms with van der Waals surface area (Å²) in [7, 11) is 0. The maximum Gasteiger partial charge on any atom is 0.326 e. The summed E-state index contributed by atoms with van der Waals surface area (Å²) >= 11 is 17.5. The number of halogens is 3. The van der Waals surface area contributed by atoms with E-state index in [0.29, 0.717) is 6.54 Å². The Hall–Kier alpha value is -0.000000000000000111. The first-order chi connectivity index (χ1) is 8.72. The van der Waals surface area contributed by atoms with Crippen LogP contribution in [0.3, 0.4) is 0 Å². The van der Waals surface area contributed by atoms with E-state index in [-0.39, 0.29) is 17.9 Å². The van der Waals surface area contributed by atoms with Crippen molar-refractivity contribution in [3.63, 3.8) is 0 Å². The molecule has 1 fully saturated rings. The molecule has 7 heteroatoms. The summed E-state index contributed by atoms with van der Waals surface area (Å²) in [5, 5.41) is 1.88. The molecule has 0 aliphatic carbocycles. The Bertz CT molecular complexity index is 393. The Morgan fingerprint density at radius 3 is 2.68 bits per heavy atom. The summed E-state index contributed by atoms with van der Waals surface area (Å²) in [6.07, 6.45) is 4.99. The minimum absolute atomic E-state index is 0.147. The third-order valence-corrected chi connectivity index (χ3v) is 4.86. The molecule has 2 aliphatic heterocycles. The first kappa shape index (κ1) is 15.4. The third-order valence-electron chi connectivity index (χ3n) is 3.50. The van der Waals surface area contributed by atoms with Gasteiger partial charge in [0.2, 0.25) is 3.79 Å². The number of rotatable bonds is 2. The lowest BCUT2D eigenvalue weighted by molar-refractivity contribution is -0.167. The van der Waals surface area contributed by atoms with Crippen molar-refractivity contribution in [3.05, 3.63) is 12.2 Å². The number of hydrazine groups is 1. The molecule has 108 valence electrons. The summed E-state index contributed by atoms with van der Waals surface area (Å²) in [5.74, 6) is -0.216. The SMILES string of the molecule is CC(C)(OC(=O)C1C2C=CCN1NCC2)C(Cl)(Cl)Cl. The molecule has 0 spiro atoms. The van der Waals surface area contributed by atoms with Crippen LogP contribution in [-0.2, 0) is 9.53 Å². The predicted octanol–water partition coefficient (Wildman–Crippen LogP) is 2.44. The van der Waals surface area contributed by atoms with Crippen LogP contribution in [0.15, 0.2) is 12.2 Å². The molecule has 4 nitrogen and oxygen atoms in total. The normalized spacial score (nSPS) is 31.1. The molecule has 0 aromatic carbocycles. The molecule has 1 saturated heterocycles. The van der Waals surface area contributed by atoms with Crippen LogP contribution in [0.2, 0.25) is 0 Å². The Morgan fingerprint density at radius 1 is 1.42 bits per heavy atom. The average molecular weight is 328 g/mol. The van der Waals surface area contributed by atoms with Gasteiger partial charge in [0, 0.05) is 19.0 Å². The van der Waals surface area contributed by atoms with Gasteiger partial charge in [0.15, 0.2) is 5.60 Å². The molecule has 0 radical (unpaired) electrons. The van der Waals surface area contributed by atoms with Gasteiger partial charge in [0.25, 0.3) is 0 Å².